The number of halogens is 4. The molecule has 8 aromatic carbocycles. The number of benzene rings is 8. The Balaban J connectivity index is 0.000000382. The summed E-state index contributed by atoms with van der Waals surface area (Å²) in [6.45, 7) is 4.84. The van der Waals surface area contributed by atoms with Gasteiger partial charge in [-0.2, -0.15) is 0 Å². The summed E-state index contributed by atoms with van der Waals surface area (Å²) in [5.41, 5.74) is 0. The van der Waals surface area contributed by atoms with Crippen molar-refractivity contribution in [1.82, 2.24) is 0 Å². The summed E-state index contributed by atoms with van der Waals surface area (Å²) >= 11 is 9.53. The molecule has 2 unspecified atom stereocenters. The third-order valence-electron chi connectivity index (χ3n) is 11.6. The molecule has 0 bridgehead atoms. The molecule has 8 aromatic rings. The maximum absolute atomic E-state index is 4.76. The van der Waals surface area contributed by atoms with Crippen molar-refractivity contribution in [2.75, 3.05) is 55.6 Å². The van der Waals surface area contributed by atoms with Crippen LogP contribution in [0.4, 0.5) is 0 Å². The van der Waals surface area contributed by atoms with Crippen LogP contribution < -0.4 is 67.3 Å². The first-order valence-corrected chi connectivity index (χ1v) is 35.0. The van der Waals surface area contributed by atoms with E-state index in [1.165, 1.54) is 67.1 Å². The SMILES string of the molecule is CP1CCP1C.ClCCl.[Cl-].[Cl-].[Pd].[Pd].c1ccc([PH+](CC[PH+](c2ccccc2)c2ccccc2)c2ccccc2)cc1.c1ccc([PH+](CC[PH+](c2ccccc2)c2ccccc2)c2ccccc2)cc1. The van der Waals surface area contributed by atoms with Crippen LogP contribution in [-0.4, -0.2) is 55.6 Å². The molecule has 1 heterocycles. The molecule has 9 rings (SSSR count). The molecule has 1 saturated heterocycles. The fraction of sp³-hybridized carbons (Fsp3) is 0.158. The van der Waals surface area contributed by atoms with Gasteiger partial charge in [-0.15, -0.1) is 23.2 Å². The van der Waals surface area contributed by atoms with E-state index >= 15 is 0 Å². The molecular weight excluding hydrogens is 1230 g/mol. The largest absolute Gasteiger partial charge is 1.00 e. The summed E-state index contributed by atoms with van der Waals surface area (Å²) in [5.74, 6) is 0. The van der Waals surface area contributed by atoms with Crippen molar-refractivity contribution in [3.05, 3.63) is 243 Å². The quantitative estimate of drug-likeness (QED) is 0.0627. The Morgan fingerprint density at radius 3 is 0.493 bits per heavy atom. The Bertz CT molecular complexity index is 1940. The van der Waals surface area contributed by atoms with Crippen LogP contribution in [0.1, 0.15) is 0 Å². The fourth-order valence-electron chi connectivity index (χ4n) is 7.94. The molecular formula is C57H64Cl4P6Pd2+2. The van der Waals surface area contributed by atoms with E-state index in [0.29, 0.717) is 15.2 Å². The van der Waals surface area contributed by atoms with E-state index in [0.717, 1.165) is 0 Å². The number of rotatable bonds is 14. The van der Waals surface area contributed by atoms with Crippen molar-refractivity contribution in [1.29, 1.82) is 0 Å². The smallest absolute Gasteiger partial charge is 0.101 e. The summed E-state index contributed by atoms with van der Waals surface area (Å²) in [6, 6.07) is 89.0. The molecule has 0 nitrogen and oxygen atoms in total. The molecule has 0 saturated carbocycles. The van der Waals surface area contributed by atoms with Crippen molar-refractivity contribution < 1.29 is 65.7 Å². The third kappa shape index (κ3) is 21.7. The Labute approximate surface area is 471 Å². The van der Waals surface area contributed by atoms with Gasteiger partial charge in [-0.25, -0.2) is 0 Å². The molecule has 0 amide bonds. The van der Waals surface area contributed by atoms with Gasteiger partial charge in [-0.05, 0) is 123 Å². The van der Waals surface area contributed by atoms with Gasteiger partial charge in [-0.1, -0.05) is 161 Å². The fourth-order valence-corrected chi connectivity index (χ4v) is 24.3. The Kier molecular flexibility index (Phi) is 34.8. The van der Waals surface area contributed by atoms with Gasteiger partial charge in [0.2, 0.25) is 0 Å². The van der Waals surface area contributed by atoms with Gasteiger partial charge in [0.05, 0.1) is 79.5 Å². The van der Waals surface area contributed by atoms with Crippen LogP contribution in [0.5, 0.6) is 0 Å². The molecule has 368 valence electrons. The van der Waals surface area contributed by atoms with Gasteiger partial charge in [-0.3, -0.25) is 0 Å². The van der Waals surface area contributed by atoms with E-state index in [4.69, 9.17) is 23.2 Å². The molecule has 1 aliphatic heterocycles. The predicted octanol–water partition coefficient (Wildman–Crippen LogP) is 7.00. The van der Waals surface area contributed by atoms with Crippen LogP contribution in [0.15, 0.2) is 243 Å². The van der Waals surface area contributed by atoms with Crippen LogP contribution in [-0.2, 0) is 40.8 Å². The maximum atomic E-state index is 4.76. The van der Waals surface area contributed by atoms with E-state index in [9.17, 15) is 0 Å². The zero-order valence-corrected chi connectivity index (χ0v) is 51.0. The summed E-state index contributed by atoms with van der Waals surface area (Å²) in [7, 11) is -1.96. The summed E-state index contributed by atoms with van der Waals surface area (Å²) in [6.07, 6.45) is 8.18. The second-order valence-corrected chi connectivity index (χ2v) is 34.6. The van der Waals surface area contributed by atoms with E-state index in [1.54, 1.807) is 12.3 Å². The van der Waals surface area contributed by atoms with Gasteiger partial charge in [0.1, 0.15) is 24.6 Å². The van der Waals surface area contributed by atoms with Crippen molar-refractivity contribution >= 4 is 113 Å². The van der Waals surface area contributed by atoms with E-state index in [2.05, 4.69) is 256 Å². The van der Waals surface area contributed by atoms with Gasteiger partial charge in [0, 0.05) is 40.8 Å². The second kappa shape index (κ2) is 37.5. The molecule has 0 aromatic heterocycles. The topological polar surface area (TPSA) is 0 Å². The van der Waals surface area contributed by atoms with Crippen molar-refractivity contribution in [3.63, 3.8) is 0 Å². The first-order chi connectivity index (χ1) is 32.1. The van der Waals surface area contributed by atoms with Gasteiger partial charge >= 0.3 is 0 Å². The van der Waals surface area contributed by atoms with E-state index in [-0.39, 0.29) is 71.0 Å². The molecule has 69 heavy (non-hydrogen) atoms. The van der Waals surface area contributed by atoms with Crippen LogP contribution in [0, 0.1) is 0 Å². The van der Waals surface area contributed by atoms with Gasteiger partial charge < -0.3 is 24.8 Å². The second-order valence-electron chi connectivity index (χ2n) is 15.7. The van der Waals surface area contributed by atoms with Crippen LogP contribution >= 0.6 is 70.1 Å². The normalized spacial score (nSPS) is 13.2. The van der Waals surface area contributed by atoms with Crippen molar-refractivity contribution in [2.45, 2.75) is 0 Å². The van der Waals surface area contributed by atoms with Crippen molar-refractivity contribution in [2.24, 2.45) is 0 Å². The predicted molar refractivity (Wildman–Crippen MR) is 313 cm³/mol. The minimum Gasteiger partial charge on any atom is -1.00 e. The molecule has 1 fully saturated rings. The first-order valence-electron chi connectivity index (χ1n) is 22.5. The number of hydrogen-bond acceptors (Lipinski definition) is 0. The molecule has 12 heteroatoms. The minimum atomic E-state index is -0.783. The first kappa shape index (κ1) is 63.9. The molecule has 2 atom stereocenters. The summed E-state index contributed by atoms with van der Waals surface area (Å²) in [5, 5.41) is 12.3. The monoisotopic (exact) mass is 1290 g/mol. The summed E-state index contributed by atoms with van der Waals surface area (Å²) < 4.78 is 0. The number of hydrogen-bond donors (Lipinski definition) is 0. The van der Waals surface area contributed by atoms with E-state index in [1.807, 2.05) is 0 Å². The molecule has 0 spiro atoms. The summed E-state index contributed by atoms with van der Waals surface area (Å²) in [4.78, 5) is 0. The van der Waals surface area contributed by atoms with E-state index < -0.39 is 31.7 Å². The maximum Gasteiger partial charge on any atom is 0.101 e. The van der Waals surface area contributed by atoms with Crippen LogP contribution in [0.2, 0.25) is 0 Å². The Morgan fingerprint density at radius 1 is 0.290 bits per heavy atom. The standard InChI is InChI=1S/2C26H24P2.C4H10P2.CH2Cl2.2ClH.2Pd/c2*1-5-13-23(14-6-1)27(24-15-7-2-8-16-24)21-22-28(25-17-9-3-10-18-25)26-19-11-4-12-20-26;1-5-3-4-6(5)2;2-1-3;;;;/h2*1-20H,21-22H2;3-4H2,1-2H3;1H2;2*1H;;/p+2. The Hall–Kier alpha value is -1.18. The van der Waals surface area contributed by atoms with Gasteiger partial charge in [0.15, 0.2) is 0 Å². The molecule has 0 radical (unpaired) electrons. The third-order valence-corrected chi connectivity index (χ3v) is 31.8. The minimum absolute atomic E-state index is 0. The van der Waals surface area contributed by atoms with Crippen LogP contribution in [0.3, 0.4) is 0 Å². The zero-order valence-electron chi connectivity index (χ0n) is 39.1. The molecule has 0 aliphatic carbocycles. The van der Waals surface area contributed by atoms with Crippen molar-refractivity contribution in [3.8, 4) is 0 Å². The molecule has 0 N–H and O–H groups in total. The average molecular weight is 1290 g/mol. The number of alkyl halides is 2. The molecule has 1 aliphatic rings. The Morgan fingerprint density at radius 2 is 0.406 bits per heavy atom. The average Bonchev–Trinajstić information content (AvgIpc) is 3.39. The van der Waals surface area contributed by atoms with Crippen LogP contribution in [0.25, 0.3) is 0 Å². The van der Waals surface area contributed by atoms with Gasteiger partial charge in [0.25, 0.3) is 0 Å². The zero-order chi connectivity index (χ0) is 45.3.